The third kappa shape index (κ3) is 48.9. The summed E-state index contributed by atoms with van der Waals surface area (Å²) in [6.45, 7) is 4.26. The second kappa shape index (κ2) is 53.2. The average molecular weight is 864 g/mol. The Kier molecular flexibility index (Phi) is 51.3. The normalized spacial score (nSPS) is 13.4. The molecular weight excluding hydrogens is 759 g/mol. The molecule has 62 heavy (non-hydrogen) atoms. The van der Waals surface area contributed by atoms with Crippen LogP contribution in [0.25, 0.3) is 0 Å². The van der Waals surface area contributed by atoms with Gasteiger partial charge in [-0.15, -0.1) is 0 Å². The van der Waals surface area contributed by atoms with Crippen molar-refractivity contribution in [2.75, 3.05) is 6.61 Å². The zero-order chi connectivity index (χ0) is 44.9. The van der Waals surface area contributed by atoms with Gasteiger partial charge in [0.05, 0.1) is 18.8 Å². The number of unbranched alkanes of at least 4 members (excludes halogenated alkanes) is 30. The largest absolute Gasteiger partial charge is 0.394 e. The fourth-order valence-electron chi connectivity index (χ4n) is 8.13. The van der Waals surface area contributed by atoms with E-state index in [1.807, 2.05) is 0 Å². The number of aliphatic hydroxyl groups is 2. The zero-order valence-corrected chi connectivity index (χ0v) is 41.4. The Morgan fingerprint density at radius 2 is 0.710 bits per heavy atom. The van der Waals surface area contributed by atoms with Crippen LogP contribution in [0.5, 0.6) is 0 Å². The minimum absolute atomic E-state index is 0.0362. The standard InChI is InChI=1S/C58H105NO3/c1-3-5-7-9-11-13-15-17-19-21-23-25-26-27-28-29-30-31-32-34-36-38-40-42-44-46-48-50-52-54-58(62)59-56(55-60)57(61)53-51-49-47-45-43-41-39-37-35-33-24-22-20-18-16-14-12-10-8-6-4-2/h5,7,11,13,17,19,23,25,27-28,30-31,56-57,60-61H,3-4,6,8-10,12,14-16,18,20-22,24,26,29,32-55H2,1-2H3,(H,59,62)/b7-5-,13-11-,19-17-,25-23-,28-27-,31-30-. The van der Waals surface area contributed by atoms with Crippen LogP contribution < -0.4 is 5.32 Å². The second-order valence-electron chi connectivity index (χ2n) is 18.3. The van der Waals surface area contributed by atoms with E-state index >= 15 is 0 Å². The lowest BCUT2D eigenvalue weighted by Gasteiger charge is -2.22. The van der Waals surface area contributed by atoms with E-state index in [1.165, 1.54) is 180 Å². The number of carbonyl (C=O) groups is 1. The molecule has 0 aromatic heterocycles. The molecule has 0 spiro atoms. The number of rotatable bonds is 49. The summed E-state index contributed by atoms with van der Waals surface area (Å²) in [6, 6.07) is -0.543. The number of amides is 1. The van der Waals surface area contributed by atoms with Crippen molar-refractivity contribution < 1.29 is 15.0 Å². The van der Waals surface area contributed by atoms with Crippen LogP contribution in [0.1, 0.15) is 271 Å². The number of hydrogen-bond acceptors (Lipinski definition) is 3. The molecule has 0 aromatic carbocycles. The van der Waals surface area contributed by atoms with Crippen LogP contribution in [0.3, 0.4) is 0 Å². The lowest BCUT2D eigenvalue weighted by molar-refractivity contribution is -0.123. The van der Waals surface area contributed by atoms with Crippen LogP contribution >= 0.6 is 0 Å². The molecule has 0 saturated carbocycles. The third-order valence-corrected chi connectivity index (χ3v) is 12.2. The molecule has 0 bridgehead atoms. The molecule has 0 heterocycles. The highest BCUT2D eigenvalue weighted by Crippen LogP contribution is 2.17. The summed E-state index contributed by atoms with van der Waals surface area (Å²) in [5.74, 6) is -0.0362. The molecule has 0 aromatic rings. The first-order valence-corrected chi connectivity index (χ1v) is 27.1. The van der Waals surface area contributed by atoms with Crippen LogP contribution in [0.2, 0.25) is 0 Å². The van der Waals surface area contributed by atoms with Crippen LogP contribution in [0.15, 0.2) is 72.9 Å². The SMILES string of the molecule is CC/C=C\C/C=C\C/C=C\C/C=C\C/C=C\C/C=C\CCCCCCCCCCCCC(=O)NC(CO)C(O)CCCCCCCCCCCCCCCCCCCCCCC. The number of nitrogens with one attached hydrogen (secondary N) is 1. The Hall–Kier alpha value is -2.17. The van der Waals surface area contributed by atoms with E-state index < -0.39 is 12.1 Å². The maximum absolute atomic E-state index is 12.5. The van der Waals surface area contributed by atoms with Crippen molar-refractivity contribution >= 4 is 5.91 Å². The molecule has 0 saturated heterocycles. The minimum atomic E-state index is -0.666. The quantitative estimate of drug-likeness (QED) is 0.0421. The molecule has 0 rings (SSSR count). The van der Waals surface area contributed by atoms with Gasteiger partial charge < -0.3 is 15.5 Å². The zero-order valence-electron chi connectivity index (χ0n) is 41.4. The van der Waals surface area contributed by atoms with Gasteiger partial charge in [-0.1, -0.05) is 273 Å². The van der Waals surface area contributed by atoms with E-state index in [0.717, 1.165) is 64.2 Å². The Morgan fingerprint density at radius 1 is 0.403 bits per heavy atom. The molecule has 0 aliphatic rings. The summed E-state index contributed by atoms with van der Waals surface area (Å²) in [5, 5.41) is 23.3. The van der Waals surface area contributed by atoms with E-state index in [2.05, 4.69) is 92.1 Å². The van der Waals surface area contributed by atoms with Crippen LogP contribution in [-0.2, 0) is 4.79 Å². The molecule has 2 unspecified atom stereocenters. The van der Waals surface area contributed by atoms with Crippen LogP contribution in [-0.4, -0.2) is 34.9 Å². The molecule has 3 N–H and O–H groups in total. The maximum Gasteiger partial charge on any atom is 0.220 e. The van der Waals surface area contributed by atoms with Gasteiger partial charge >= 0.3 is 0 Å². The van der Waals surface area contributed by atoms with Gasteiger partial charge in [0.2, 0.25) is 5.91 Å². The lowest BCUT2D eigenvalue weighted by atomic mass is 10.0. The predicted molar refractivity (Wildman–Crippen MR) is 276 cm³/mol. The maximum atomic E-state index is 12.5. The summed E-state index contributed by atoms with van der Waals surface area (Å²) < 4.78 is 0. The summed E-state index contributed by atoms with van der Waals surface area (Å²) in [7, 11) is 0. The number of aliphatic hydroxyl groups excluding tert-OH is 2. The Labute approximate surface area is 387 Å². The van der Waals surface area contributed by atoms with Crippen molar-refractivity contribution in [1.82, 2.24) is 5.32 Å². The van der Waals surface area contributed by atoms with E-state index in [4.69, 9.17) is 0 Å². The van der Waals surface area contributed by atoms with Gasteiger partial charge in [-0.2, -0.15) is 0 Å². The van der Waals surface area contributed by atoms with Crippen LogP contribution in [0.4, 0.5) is 0 Å². The molecule has 0 aliphatic heterocycles. The van der Waals surface area contributed by atoms with E-state index in [-0.39, 0.29) is 12.5 Å². The van der Waals surface area contributed by atoms with Crippen molar-refractivity contribution in [2.24, 2.45) is 0 Å². The summed E-state index contributed by atoms with van der Waals surface area (Å²) in [5.41, 5.74) is 0. The molecule has 0 aliphatic carbocycles. The fourth-order valence-corrected chi connectivity index (χ4v) is 8.13. The van der Waals surface area contributed by atoms with Gasteiger partial charge in [0, 0.05) is 6.42 Å². The predicted octanol–water partition coefficient (Wildman–Crippen LogP) is 17.8. The summed E-state index contributed by atoms with van der Waals surface area (Å²) in [6.07, 6.45) is 75.8. The molecule has 4 heteroatoms. The molecule has 4 nitrogen and oxygen atoms in total. The topological polar surface area (TPSA) is 69.6 Å². The van der Waals surface area contributed by atoms with E-state index in [1.54, 1.807) is 0 Å². The molecule has 0 fully saturated rings. The van der Waals surface area contributed by atoms with Gasteiger partial charge in [0.15, 0.2) is 0 Å². The smallest absolute Gasteiger partial charge is 0.220 e. The van der Waals surface area contributed by atoms with Crippen molar-refractivity contribution in [3.05, 3.63) is 72.9 Å². The third-order valence-electron chi connectivity index (χ3n) is 12.2. The number of carbonyl (C=O) groups excluding carboxylic acids is 1. The second-order valence-corrected chi connectivity index (χ2v) is 18.3. The molecule has 0 radical (unpaired) electrons. The van der Waals surface area contributed by atoms with E-state index in [9.17, 15) is 15.0 Å². The first-order valence-electron chi connectivity index (χ1n) is 27.1. The highest BCUT2D eigenvalue weighted by Gasteiger charge is 2.20. The molecular formula is C58H105NO3. The van der Waals surface area contributed by atoms with Crippen molar-refractivity contribution in [3.63, 3.8) is 0 Å². The summed E-state index contributed by atoms with van der Waals surface area (Å²) in [4.78, 5) is 12.5. The molecule has 360 valence electrons. The minimum Gasteiger partial charge on any atom is -0.394 e. The Bertz CT molecular complexity index is 1070. The lowest BCUT2D eigenvalue weighted by Crippen LogP contribution is -2.45. The van der Waals surface area contributed by atoms with Gasteiger partial charge in [-0.25, -0.2) is 0 Å². The van der Waals surface area contributed by atoms with Gasteiger partial charge in [0.1, 0.15) is 0 Å². The Balaban J connectivity index is 3.52. The molecule has 1 amide bonds. The average Bonchev–Trinajstić information content (AvgIpc) is 3.28. The van der Waals surface area contributed by atoms with Gasteiger partial charge in [-0.3, -0.25) is 4.79 Å². The van der Waals surface area contributed by atoms with Crippen molar-refractivity contribution in [2.45, 2.75) is 283 Å². The monoisotopic (exact) mass is 864 g/mol. The van der Waals surface area contributed by atoms with Crippen LogP contribution in [0, 0.1) is 0 Å². The first kappa shape index (κ1) is 59.8. The number of hydrogen-bond donors (Lipinski definition) is 3. The van der Waals surface area contributed by atoms with Crippen molar-refractivity contribution in [1.29, 1.82) is 0 Å². The van der Waals surface area contributed by atoms with Gasteiger partial charge in [-0.05, 0) is 64.2 Å². The van der Waals surface area contributed by atoms with E-state index in [0.29, 0.717) is 12.8 Å². The fraction of sp³-hybridized carbons (Fsp3) is 0.776. The highest BCUT2D eigenvalue weighted by atomic mass is 16.3. The van der Waals surface area contributed by atoms with Gasteiger partial charge in [0.25, 0.3) is 0 Å². The Morgan fingerprint density at radius 3 is 1.06 bits per heavy atom. The van der Waals surface area contributed by atoms with Crippen molar-refractivity contribution in [3.8, 4) is 0 Å². The highest BCUT2D eigenvalue weighted by molar-refractivity contribution is 5.76. The first-order chi connectivity index (χ1) is 30.7. The molecule has 2 atom stereocenters. The summed E-state index contributed by atoms with van der Waals surface area (Å²) >= 11 is 0. The number of allylic oxidation sites excluding steroid dienone is 12.